The molecule has 2 rings (SSSR count). The zero-order valence-electron chi connectivity index (χ0n) is 6.41. The lowest BCUT2D eigenvalue weighted by Gasteiger charge is -2.43. The second-order valence-corrected chi connectivity index (χ2v) is 4.61. The van der Waals surface area contributed by atoms with Crippen LogP contribution in [0.3, 0.4) is 0 Å². The highest BCUT2D eigenvalue weighted by molar-refractivity contribution is 9.09. The SMILES string of the molecule is BrCC1CCCC12CCC2. The fraction of sp³-hybridized carbons (Fsp3) is 1.00. The second kappa shape index (κ2) is 2.51. The molecule has 0 radical (unpaired) electrons. The lowest BCUT2D eigenvalue weighted by atomic mass is 9.63. The van der Waals surface area contributed by atoms with E-state index < -0.39 is 0 Å². The molecule has 10 heavy (non-hydrogen) atoms. The summed E-state index contributed by atoms with van der Waals surface area (Å²) in [7, 11) is 0. The van der Waals surface area contributed by atoms with Gasteiger partial charge in [0.15, 0.2) is 0 Å². The van der Waals surface area contributed by atoms with Gasteiger partial charge in [0.25, 0.3) is 0 Å². The molecule has 1 atom stereocenters. The van der Waals surface area contributed by atoms with Crippen LogP contribution in [0.25, 0.3) is 0 Å². The summed E-state index contributed by atoms with van der Waals surface area (Å²) < 4.78 is 0. The molecule has 0 amide bonds. The summed E-state index contributed by atoms with van der Waals surface area (Å²) in [6.07, 6.45) is 9.08. The van der Waals surface area contributed by atoms with E-state index >= 15 is 0 Å². The molecule has 0 aromatic rings. The Kier molecular flexibility index (Phi) is 1.79. The average molecular weight is 203 g/mol. The van der Waals surface area contributed by atoms with Crippen LogP contribution in [0.4, 0.5) is 0 Å². The molecule has 1 spiro atoms. The van der Waals surface area contributed by atoms with Crippen molar-refractivity contribution >= 4 is 15.9 Å². The van der Waals surface area contributed by atoms with Gasteiger partial charge in [-0.05, 0) is 37.0 Å². The van der Waals surface area contributed by atoms with E-state index in [2.05, 4.69) is 15.9 Å². The third-order valence-corrected chi connectivity index (χ3v) is 4.41. The predicted octanol–water partition coefficient (Wildman–Crippen LogP) is 3.35. The van der Waals surface area contributed by atoms with E-state index in [0.717, 1.165) is 11.3 Å². The Labute approximate surface area is 71.5 Å². The standard InChI is InChI=1S/C9H15Br/c10-7-8-3-1-4-9(8)5-2-6-9/h8H,1-7H2. The van der Waals surface area contributed by atoms with Gasteiger partial charge in [0.1, 0.15) is 0 Å². The number of rotatable bonds is 1. The molecule has 0 bridgehead atoms. The monoisotopic (exact) mass is 202 g/mol. The van der Waals surface area contributed by atoms with Crippen molar-refractivity contribution in [3.05, 3.63) is 0 Å². The topological polar surface area (TPSA) is 0 Å². The minimum absolute atomic E-state index is 0.837. The zero-order chi connectivity index (χ0) is 7.03. The van der Waals surface area contributed by atoms with Gasteiger partial charge in [-0.1, -0.05) is 28.8 Å². The molecule has 0 aromatic carbocycles. The maximum Gasteiger partial charge on any atom is 0.00649 e. The molecule has 0 aromatic heterocycles. The smallest absolute Gasteiger partial charge is 0.00649 e. The molecular formula is C9H15Br. The highest BCUT2D eigenvalue weighted by Crippen LogP contribution is 2.56. The first-order valence-electron chi connectivity index (χ1n) is 4.43. The van der Waals surface area contributed by atoms with E-state index in [0.29, 0.717) is 0 Å². The van der Waals surface area contributed by atoms with Gasteiger partial charge in [0.05, 0.1) is 0 Å². The van der Waals surface area contributed by atoms with E-state index in [-0.39, 0.29) is 0 Å². The van der Waals surface area contributed by atoms with Crippen LogP contribution in [0.5, 0.6) is 0 Å². The number of halogens is 1. The summed E-state index contributed by atoms with van der Waals surface area (Å²) in [5.74, 6) is 1.03. The molecule has 2 aliphatic rings. The summed E-state index contributed by atoms with van der Waals surface area (Å²) in [6.45, 7) is 0. The van der Waals surface area contributed by atoms with Crippen molar-refractivity contribution < 1.29 is 0 Å². The fourth-order valence-corrected chi connectivity index (χ4v) is 3.75. The van der Waals surface area contributed by atoms with Crippen molar-refractivity contribution in [3.63, 3.8) is 0 Å². The molecule has 0 saturated heterocycles. The molecule has 0 aliphatic heterocycles. The summed E-state index contributed by atoms with van der Waals surface area (Å²) in [6, 6.07) is 0. The maximum absolute atomic E-state index is 3.63. The van der Waals surface area contributed by atoms with E-state index in [1.807, 2.05) is 0 Å². The van der Waals surface area contributed by atoms with Gasteiger partial charge in [0, 0.05) is 5.33 Å². The molecule has 58 valence electrons. The third-order valence-electron chi connectivity index (χ3n) is 3.63. The molecular weight excluding hydrogens is 188 g/mol. The van der Waals surface area contributed by atoms with Gasteiger partial charge >= 0.3 is 0 Å². The molecule has 2 saturated carbocycles. The summed E-state index contributed by atoms with van der Waals surface area (Å²) >= 11 is 3.63. The molecule has 2 aliphatic carbocycles. The molecule has 0 heterocycles. The predicted molar refractivity (Wildman–Crippen MR) is 47.4 cm³/mol. The molecule has 1 unspecified atom stereocenters. The van der Waals surface area contributed by atoms with Crippen molar-refractivity contribution in [1.29, 1.82) is 0 Å². The van der Waals surface area contributed by atoms with Gasteiger partial charge in [-0.3, -0.25) is 0 Å². The minimum atomic E-state index is 0.837. The molecule has 0 N–H and O–H groups in total. The van der Waals surface area contributed by atoms with Crippen molar-refractivity contribution in [3.8, 4) is 0 Å². The Morgan fingerprint density at radius 3 is 2.30 bits per heavy atom. The van der Waals surface area contributed by atoms with Crippen LogP contribution in [-0.4, -0.2) is 5.33 Å². The van der Waals surface area contributed by atoms with Crippen LogP contribution >= 0.6 is 15.9 Å². The van der Waals surface area contributed by atoms with Crippen molar-refractivity contribution in [2.24, 2.45) is 11.3 Å². The molecule has 2 fully saturated rings. The Balaban J connectivity index is 2.05. The molecule has 1 heteroatoms. The second-order valence-electron chi connectivity index (χ2n) is 3.96. The highest BCUT2D eigenvalue weighted by Gasteiger charge is 2.45. The van der Waals surface area contributed by atoms with Crippen molar-refractivity contribution in [2.45, 2.75) is 38.5 Å². The summed E-state index contributed by atoms with van der Waals surface area (Å²) in [5.41, 5.74) is 0.837. The Morgan fingerprint density at radius 2 is 1.90 bits per heavy atom. The number of alkyl halides is 1. The normalized spacial score (nSPS) is 36.3. The van der Waals surface area contributed by atoms with Gasteiger partial charge in [-0.25, -0.2) is 0 Å². The lowest BCUT2D eigenvalue weighted by molar-refractivity contribution is 0.0918. The van der Waals surface area contributed by atoms with Crippen LogP contribution in [0, 0.1) is 11.3 Å². The van der Waals surface area contributed by atoms with Gasteiger partial charge in [-0.2, -0.15) is 0 Å². The maximum atomic E-state index is 3.63. The van der Waals surface area contributed by atoms with Crippen LogP contribution in [-0.2, 0) is 0 Å². The zero-order valence-corrected chi connectivity index (χ0v) is 7.99. The van der Waals surface area contributed by atoms with Crippen LogP contribution in [0.1, 0.15) is 38.5 Å². The number of hydrogen-bond acceptors (Lipinski definition) is 0. The molecule has 0 nitrogen and oxygen atoms in total. The summed E-state index contributed by atoms with van der Waals surface area (Å²) in [4.78, 5) is 0. The lowest BCUT2D eigenvalue weighted by Crippen LogP contribution is -2.33. The highest BCUT2D eigenvalue weighted by atomic mass is 79.9. The first-order valence-corrected chi connectivity index (χ1v) is 5.55. The van der Waals surface area contributed by atoms with Crippen molar-refractivity contribution in [2.75, 3.05) is 5.33 Å². The fourth-order valence-electron chi connectivity index (χ4n) is 2.74. The van der Waals surface area contributed by atoms with E-state index in [4.69, 9.17) is 0 Å². The van der Waals surface area contributed by atoms with E-state index in [1.165, 1.54) is 43.9 Å². The van der Waals surface area contributed by atoms with E-state index in [9.17, 15) is 0 Å². The Hall–Kier alpha value is 0.480. The first-order chi connectivity index (χ1) is 4.87. The average Bonchev–Trinajstić information content (AvgIpc) is 2.27. The largest absolute Gasteiger partial charge is 0.0925 e. The van der Waals surface area contributed by atoms with Crippen LogP contribution in [0.15, 0.2) is 0 Å². The third kappa shape index (κ3) is 0.861. The first kappa shape index (κ1) is 7.15. The quantitative estimate of drug-likeness (QED) is 0.573. The Morgan fingerprint density at radius 1 is 1.20 bits per heavy atom. The number of hydrogen-bond donors (Lipinski definition) is 0. The Bertz CT molecular complexity index is 127. The van der Waals surface area contributed by atoms with Gasteiger partial charge in [-0.15, -0.1) is 0 Å². The van der Waals surface area contributed by atoms with Gasteiger partial charge in [0.2, 0.25) is 0 Å². The minimum Gasteiger partial charge on any atom is -0.0925 e. The van der Waals surface area contributed by atoms with Crippen LogP contribution in [0.2, 0.25) is 0 Å². The van der Waals surface area contributed by atoms with Crippen molar-refractivity contribution in [1.82, 2.24) is 0 Å². The summed E-state index contributed by atoms with van der Waals surface area (Å²) in [5, 5.41) is 1.26. The van der Waals surface area contributed by atoms with Gasteiger partial charge < -0.3 is 0 Å². The van der Waals surface area contributed by atoms with E-state index in [1.54, 1.807) is 0 Å². The van der Waals surface area contributed by atoms with Crippen LogP contribution < -0.4 is 0 Å².